The Kier molecular flexibility index (Phi) is 3.32. The fourth-order valence-corrected chi connectivity index (χ4v) is 1.47. The molecule has 0 saturated carbocycles. The third kappa shape index (κ3) is 3.23. The van der Waals surface area contributed by atoms with Gasteiger partial charge in [-0.1, -0.05) is 0 Å². The summed E-state index contributed by atoms with van der Waals surface area (Å²) in [4.78, 5) is 0. The molecule has 0 radical (unpaired) electrons. The van der Waals surface area contributed by atoms with E-state index in [2.05, 4.69) is 8.37 Å². The summed E-state index contributed by atoms with van der Waals surface area (Å²) in [6.07, 6.45) is 0. The van der Waals surface area contributed by atoms with E-state index < -0.39 is 10.4 Å². The molecule has 5 nitrogen and oxygen atoms in total. The molecule has 0 aliphatic carbocycles. The highest BCUT2D eigenvalue weighted by Gasteiger charge is 2.11. The third-order valence-corrected chi connectivity index (χ3v) is 2.22. The van der Waals surface area contributed by atoms with Crippen LogP contribution < -0.4 is 4.18 Å². The third-order valence-electron chi connectivity index (χ3n) is 1.30. The number of hydrogen-bond donors (Lipinski definition) is 1. The fraction of sp³-hybridized carbons (Fsp3) is 0.250. The summed E-state index contributed by atoms with van der Waals surface area (Å²) in [5.41, 5.74) is 0. The van der Waals surface area contributed by atoms with Crippen LogP contribution in [0.15, 0.2) is 24.3 Å². The second kappa shape index (κ2) is 4.30. The molecule has 0 aromatic heterocycles. The number of phenols is 1. The highest BCUT2D eigenvalue weighted by Crippen LogP contribution is 2.17. The number of rotatable bonds is 4. The van der Waals surface area contributed by atoms with Crippen molar-refractivity contribution in [3.8, 4) is 11.5 Å². The second-order valence-electron chi connectivity index (χ2n) is 2.39. The van der Waals surface area contributed by atoms with Crippen LogP contribution >= 0.6 is 0 Å². The van der Waals surface area contributed by atoms with E-state index in [4.69, 9.17) is 5.11 Å². The molecule has 0 spiro atoms. The lowest BCUT2D eigenvalue weighted by Crippen LogP contribution is -2.12. The van der Waals surface area contributed by atoms with E-state index in [0.29, 0.717) is 0 Å². The Bertz CT molecular complexity index is 381. The SMILES string of the molecule is CCOS(=O)(=O)Oc1ccc(O)cc1. The van der Waals surface area contributed by atoms with Crippen LogP contribution in [0.1, 0.15) is 6.92 Å². The largest absolute Gasteiger partial charge is 0.508 e. The van der Waals surface area contributed by atoms with E-state index in [1.54, 1.807) is 0 Å². The smallest absolute Gasteiger partial charge is 0.449 e. The predicted molar refractivity (Wildman–Crippen MR) is 49.3 cm³/mol. The van der Waals surface area contributed by atoms with Gasteiger partial charge in [0.25, 0.3) is 0 Å². The van der Waals surface area contributed by atoms with Gasteiger partial charge in [0.05, 0.1) is 6.61 Å². The van der Waals surface area contributed by atoms with Crippen LogP contribution in [0.4, 0.5) is 0 Å². The van der Waals surface area contributed by atoms with Crippen molar-refractivity contribution in [2.75, 3.05) is 6.61 Å². The molecule has 0 bridgehead atoms. The Hall–Kier alpha value is -1.27. The molecule has 0 unspecified atom stereocenters. The van der Waals surface area contributed by atoms with Gasteiger partial charge >= 0.3 is 10.4 Å². The molecule has 0 aliphatic rings. The zero-order valence-electron chi connectivity index (χ0n) is 7.50. The van der Waals surface area contributed by atoms with Gasteiger partial charge in [0, 0.05) is 0 Å². The highest BCUT2D eigenvalue weighted by molar-refractivity contribution is 7.82. The van der Waals surface area contributed by atoms with Crippen LogP contribution in [0.5, 0.6) is 11.5 Å². The van der Waals surface area contributed by atoms with Crippen molar-refractivity contribution in [3.63, 3.8) is 0 Å². The van der Waals surface area contributed by atoms with Crippen LogP contribution in [-0.4, -0.2) is 20.1 Å². The molecular formula is C8H10O5S. The quantitative estimate of drug-likeness (QED) is 0.817. The number of aromatic hydroxyl groups is 1. The first-order valence-electron chi connectivity index (χ1n) is 3.91. The molecule has 1 N–H and O–H groups in total. The lowest BCUT2D eigenvalue weighted by molar-refractivity contribution is 0.288. The van der Waals surface area contributed by atoms with E-state index >= 15 is 0 Å². The van der Waals surface area contributed by atoms with Crippen molar-refractivity contribution in [2.45, 2.75) is 6.92 Å². The van der Waals surface area contributed by atoms with Gasteiger partial charge in [0.1, 0.15) is 11.5 Å². The van der Waals surface area contributed by atoms with Crippen molar-refractivity contribution in [1.29, 1.82) is 0 Å². The maximum absolute atomic E-state index is 11.0. The maximum Gasteiger partial charge on any atom is 0.449 e. The van der Waals surface area contributed by atoms with E-state index in [0.717, 1.165) is 0 Å². The molecule has 0 atom stereocenters. The molecule has 0 fully saturated rings. The number of phenolic OH excluding ortho intramolecular Hbond substituents is 1. The molecule has 14 heavy (non-hydrogen) atoms. The molecule has 78 valence electrons. The van der Waals surface area contributed by atoms with Gasteiger partial charge in [-0.2, -0.15) is 8.42 Å². The molecule has 1 rings (SSSR count). The Morgan fingerprint density at radius 3 is 2.36 bits per heavy atom. The summed E-state index contributed by atoms with van der Waals surface area (Å²) >= 11 is 0. The first-order valence-corrected chi connectivity index (χ1v) is 5.24. The van der Waals surface area contributed by atoms with E-state index in [1.165, 1.54) is 31.2 Å². The summed E-state index contributed by atoms with van der Waals surface area (Å²) in [6, 6.07) is 5.28. The average Bonchev–Trinajstić information content (AvgIpc) is 2.08. The number of hydrogen-bond acceptors (Lipinski definition) is 5. The van der Waals surface area contributed by atoms with Gasteiger partial charge in [0.15, 0.2) is 0 Å². The lowest BCUT2D eigenvalue weighted by atomic mass is 10.3. The van der Waals surface area contributed by atoms with Gasteiger partial charge in [0.2, 0.25) is 0 Å². The van der Waals surface area contributed by atoms with Crippen molar-refractivity contribution in [3.05, 3.63) is 24.3 Å². The first-order chi connectivity index (χ1) is 6.53. The zero-order valence-corrected chi connectivity index (χ0v) is 8.32. The van der Waals surface area contributed by atoms with Crippen LogP contribution in [-0.2, 0) is 14.6 Å². The second-order valence-corrected chi connectivity index (χ2v) is 3.61. The average molecular weight is 218 g/mol. The molecule has 0 heterocycles. The van der Waals surface area contributed by atoms with E-state index in [-0.39, 0.29) is 18.1 Å². The Morgan fingerprint density at radius 2 is 1.86 bits per heavy atom. The normalized spacial score (nSPS) is 11.2. The van der Waals surface area contributed by atoms with Crippen LogP contribution in [0.25, 0.3) is 0 Å². The Morgan fingerprint density at radius 1 is 1.29 bits per heavy atom. The van der Waals surface area contributed by atoms with E-state index in [1.807, 2.05) is 0 Å². The monoisotopic (exact) mass is 218 g/mol. The van der Waals surface area contributed by atoms with Crippen LogP contribution in [0, 0.1) is 0 Å². The molecular weight excluding hydrogens is 208 g/mol. The molecule has 0 aliphatic heterocycles. The number of benzene rings is 1. The topological polar surface area (TPSA) is 72.8 Å². The Balaban J connectivity index is 2.74. The summed E-state index contributed by atoms with van der Waals surface area (Å²) in [6.45, 7) is 1.55. The van der Waals surface area contributed by atoms with E-state index in [9.17, 15) is 8.42 Å². The summed E-state index contributed by atoms with van der Waals surface area (Å²) in [5, 5.41) is 8.92. The minimum Gasteiger partial charge on any atom is -0.508 e. The van der Waals surface area contributed by atoms with Crippen LogP contribution in [0.3, 0.4) is 0 Å². The van der Waals surface area contributed by atoms with Crippen LogP contribution in [0.2, 0.25) is 0 Å². The standard InChI is InChI=1S/C8H10O5S/c1-2-12-14(10,11)13-8-5-3-7(9)4-6-8/h3-6,9H,2H2,1H3. The Labute approximate surface area is 82.2 Å². The minimum atomic E-state index is -3.98. The van der Waals surface area contributed by atoms with Crippen molar-refractivity contribution in [1.82, 2.24) is 0 Å². The predicted octanol–water partition coefficient (Wildman–Crippen LogP) is 1.05. The van der Waals surface area contributed by atoms with Crippen molar-refractivity contribution >= 4 is 10.4 Å². The van der Waals surface area contributed by atoms with Crippen molar-refractivity contribution < 1.29 is 21.9 Å². The molecule has 1 aromatic rings. The summed E-state index contributed by atoms with van der Waals surface area (Å²) < 4.78 is 30.8. The van der Waals surface area contributed by atoms with Gasteiger partial charge in [-0.05, 0) is 31.2 Å². The molecule has 1 aromatic carbocycles. The van der Waals surface area contributed by atoms with Gasteiger partial charge < -0.3 is 9.29 Å². The minimum absolute atomic E-state index is 0.0143. The molecule has 0 amide bonds. The van der Waals surface area contributed by atoms with Gasteiger partial charge in [-0.25, -0.2) is 4.18 Å². The summed E-state index contributed by atoms with van der Waals surface area (Å²) in [5.74, 6) is 0.127. The first kappa shape index (κ1) is 10.8. The maximum atomic E-state index is 11.0. The molecule has 6 heteroatoms. The van der Waals surface area contributed by atoms with Gasteiger partial charge in [-0.15, -0.1) is 0 Å². The van der Waals surface area contributed by atoms with Crippen molar-refractivity contribution in [2.24, 2.45) is 0 Å². The summed E-state index contributed by atoms with van der Waals surface area (Å²) in [7, 11) is -3.98. The fourth-order valence-electron chi connectivity index (χ4n) is 0.788. The zero-order chi connectivity index (χ0) is 10.6. The lowest BCUT2D eigenvalue weighted by Gasteiger charge is -2.04. The highest BCUT2D eigenvalue weighted by atomic mass is 32.3. The van der Waals surface area contributed by atoms with Gasteiger partial charge in [-0.3, -0.25) is 0 Å². The molecule has 0 saturated heterocycles.